The van der Waals surface area contributed by atoms with Gasteiger partial charge < -0.3 is 19.9 Å². The van der Waals surface area contributed by atoms with Crippen LogP contribution in [0.4, 0.5) is 0 Å². The monoisotopic (exact) mass is 344 g/mol. The van der Waals surface area contributed by atoms with Crippen molar-refractivity contribution >= 4 is 11.9 Å². The van der Waals surface area contributed by atoms with Crippen molar-refractivity contribution in [3.8, 4) is 5.88 Å². The highest BCUT2D eigenvalue weighted by atomic mass is 16.5. The van der Waals surface area contributed by atoms with Crippen molar-refractivity contribution in [1.82, 2.24) is 10.3 Å². The zero-order chi connectivity index (χ0) is 18.1. The number of rotatable bonds is 8. The molecule has 0 saturated heterocycles. The van der Waals surface area contributed by atoms with E-state index in [1.807, 2.05) is 18.2 Å². The molecule has 2 rings (SSSR count). The fraction of sp³-hybridized carbons (Fsp3) is 0.278. The van der Waals surface area contributed by atoms with Gasteiger partial charge in [0, 0.05) is 12.3 Å². The Morgan fingerprint density at radius 2 is 1.88 bits per heavy atom. The van der Waals surface area contributed by atoms with E-state index in [2.05, 4.69) is 10.3 Å². The van der Waals surface area contributed by atoms with Crippen LogP contribution in [0.1, 0.15) is 12.5 Å². The lowest BCUT2D eigenvalue weighted by atomic mass is 10.2. The van der Waals surface area contributed by atoms with Gasteiger partial charge in [-0.15, -0.1) is 0 Å². The number of aromatic nitrogens is 1. The molecule has 1 aromatic heterocycles. The van der Waals surface area contributed by atoms with Crippen LogP contribution in [-0.4, -0.2) is 40.7 Å². The molecule has 0 aliphatic carbocycles. The van der Waals surface area contributed by atoms with Gasteiger partial charge in [-0.3, -0.25) is 4.79 Å². The summed E-state index contributed by atoms with van der Waals surface area (Å²) in [7, 11) is 0. The summed E-state index contributed by atoms with van der Waals surface area (Å²) in [4.78, 5) is 27.6. The van der Waals surface area contributed by atoms with Gasteiger partial charge in [0.1, 0.15) is 6.61 Å². The minimum atomic E-state index is -1.45. The fourth-order valence-electron chi connectivity index (χ4n) is 1.90. The molecule has 2 aromatic rings. The van der Waals surface area contributed by atoms with Crippen LogP contribution in [0.5, 0.6) is 5.88 Å². The summed E-state index contributed by atoms with van der Waals surface area (Å²) < 4.78 is 10.4. The van der Waals surface area contributed by atoms with Crippen molar-refractivity contribution in [3.05, 3.63) is 60.3 Å². The first-order valence-corrected chi connectivity index (χ1v) is 7.80. The predicted molar refractivity (Wildman–Crippen MR) is 89.6 cm³/mol. The van der Waals surface area contributed by atoms with Crippen LogP contribution < -0.4 is 10.1 Å². The molecule has 7 heteroatoms. The highest BCUT2D eigenvalue weighted by molar-refractivity contribution is 5.82. The van der Waals surface area contributed by atoms with E-state index in [-0.39, 0.29) is 13.2 Å². The summed E-state index contributed by atoms with van der Waals surface area (Å²) in [5, 5.41) is 12.2. The number of aliphatic hydroxyl groups excluding tert-OH is 1. The van der Waals surface area contributed by atoms with Gasteiger partial charge in [-0.1, -0.05) is 36.4 Å². The van der Waals surface area contributed by atoms with Crippen molar-refractivity contribution in [2.45, 2.75) is 25.7 Å². The average Bonchev–Trinajstić information content (AvgIpc) is 2.65. The maximum Gasteiger partial charge on any atom is 0.337 e. The Hall–Kier alpha value is -2.93. The van der Waals surface area contributed by atoms with Crippen molar-refractivity contribution in [2.75, 3.05) is 6.54 Å². The molecule has 0 bridgehead atoms. The molecule has 7 nitrogen and oxygen atoms in total. The highest BCUT2D eigenvalue weighted by Gasteiger charge is 2.20. The van der Waals surface area contributed by atoms with Crippen molar-refractivity contribution in [3.63, 3.8) is 0 Å². The van der Waals surface area contributed by atoms with Gasteiger partial charge in [0.25, 0.3) is 5.91 Å². The lowest BCUT2D eigenvalue weighted by Crippen LogP contribution is -2.42. The van der Waals surface area contributed by atoms with E-state index in [1.54, 1.807) is 43.5 Å². The van der Waals surface area contributed by atoms with Crippen molar-refractivity contribution in [1.29, 1.82) is 0 Å². The zero-order valence-corrected chi connectivity index (χ0v) is 13.8. The molecule has 25 heavy (non-hydrogen) atoms. The summed E-state index contributed by atoms with van der Waals surface area (Å²) >= 11 is 0. The second kappa shape index (κ2) is 9.39. The minimum absolute atomic E-state index is 0.0594. The maximum atomic E-state index is 11.9. The Kier molecular flexibility index (Phi) is 6.91. The van der Waals surface area contributed by atoms with E-state index < -0.39 is 24.1 Å². The Labute approximate surface area is 145 Å². The minimum Gasteiger partial charge on any atom is -0.465 e. The largest absolute Gasteiger partial charge is 0.465 e. The molecule has 132 valence electrons. The Morgan fingerprint density at radius 1 is 1.16 bits per heavy atom. The Morgan fingerprint density at radius 3 is 2.56 bits per heavy atom. The number of carbonyl (C=O) groups excluding carboxylic acids is 2. The van der Waals surface area contributed by atoms with Gasteiger partial charge in [-0.25, -0.2) is 9.78 Å². The number of hydrogen-bond acceptors (Lipinski definition) is 6. The number of aliphatic hydroxyl groups is 1. The van der Waals surface area contributed by atoms with E-state index in [1.165, 1.54) is 0 Å². The first-order valence-electron chi connectivity index (χ1n) is 7.80. The predicted octanol–water partition coefficient (Wildman–Crippen LogP) is 1.07. The molecule has 0 fully saturated rings. The fourth-order valence-corrected chi connectivity index (χ4v) is 1.90. The second-order valence-electron chi connectivity index (χ2n) is 5.28. The van der Waals surface area contributed by atoms with Gasteiger partial charge in [0.05, 0.1) is 6.54 Å². The Balaban J connectivity index is 1.71. The number of amides is 1. The SMILES string of the molecule is C[C@@H](Oc1ccccn1)C(=O)NC[C@H](O)C(=O)OCc1ccccc1. The van der Waals surface area contributed by atoms with Crippen LogP contribution in [0.15, 0.2) is 54.7 Å². The third-order valence-corrected chi connectivity index (χ3v) is 3.27. The molecule has 0 aliphatic rings. The van der Waals surface area contributed by atoms with Crippen LogP contribution in [0, 0.1) is 0 Å². The van der Waals surface area contributed by atoms with E-state index >= 15 is 0 Å². The third-order valence-electron chi connectivity index (χ3n) is 3.27. The molecule has 0 radical (unpaired) electrons. The molecule has 0 spiro atoms. The van der Waals surface area contributed by atoms with Crippen molar-refractivity contribution < 1.29 is 24.2 Å². The van der Waals surface area contributed by atoms with Crippen LogP contribution >= 0.6 is 0 Å². The first kappa shape index (κ1) is 18.4. The van der Waals surface area contributed by atoms with Gasteiger partial charge in [0.15, 0.2) is 12.2 Å². The number of ether oxygens (including phenoxy) is 2. The quantitative estimate of drug-likeness (QED) is 0.695. The van der Waals surface area contributed by atoms with Crippen LogP contribution in [0.25, 0.3) is 0 Å². The molecular formula is C18H20N2O5. The van der Waals surface area contributed by atoms with Crippen molar-refractivity contribution in [2.24, 2.45) is 0 Å². The van der Waals surface area contributed by atoms with Crippen LogP contribution in [0.2, 0.25) is 0 Å². The molecule has 0 saturated carbocycles. The molecular weight excluding hydrogens is 324 g/mol. The van der Waals surface area contributed by atoms with E-state index in [4.69, 9.17) is 9.47 Å². The molecule has 0 unspecified atom stereocenters. The van der Waals surface area contributed by atoms with Crippen LogP contribution in [0.3, 0.4) is 0 Å². The van der Waals surface area contributed by atoms with Gasteiger partial charge in [-0.05, 0) is 18.6 Å². The average molecular weight is 344 g/mol. The third kappa shape index (κ3) is 6.23. The topological polar surface area (TPSA) is 97.8 Å². The molecule has 2 N–H and O–H groups in total. The highest BCUT2D eigenvalue weighted by Crippen LogP contribution is 2.06. The smallest absolute Gasteiger partial charge is 0.337 e. The summed E-state index contributed by atoms with van der Waals surface area (Å²) in [6.45, 7) is 1.34. The lowest BCUT2D eigenvalue weighted by molar-refractivity contribution is -0.154. The summed E-state index contributed by atoms with van der Waals surface area (Å²) in [6.07, 6.45) is -0.718. The molecule has 1 heterocycles. The second-order valence-corrected chi connectivity index (χ2v) is 5.28. The van der Waals surface area contributed by atoms with E-state index in [0.29, 0.717) is 5.88 Å². The number of nitrogens with one attached hydrogen (secondary N) is 1. The van der Waals surface area contributed by atoms with E-state index in [0.717, 1.165) is 5.56 Å². The lowest BCUT2D eigenvalue weighted by Gasteiger charge is -2.15. The molecule has 1 aromatic carbocycles. The number of carbonyl (C=O) groups is 2. The zero-order valence-electron chi connectivity index (χ0n) is 13.8. The summed E-state index contributed by atoms with van der Waals surface area (Å²) in [5.74, 6) is -0.962. The van der Waals surface area contributed by atoms with Gasteiger partial charge in [-0.2, -0.15) is 0 Å². The number of nitrogens with zero attached hydrogens (tertiary/aromatic N) is 1. The maximum absolute atomic E-state index is 11.9. The Bertz CT molecular complexity index is 678. The standard InChI is InChI=1S/C18H20N2O5/c1-13(25-16-9-5-6-10-19-16)17(22)20-11-15(21)18(23)24-12-14-7-3-2-4-8-14/h2-10,13,15,21H,11-12H2,1H3,(H,20,22)/t13-,15+/m1/s1. The molecule has 2 atom stereocenters. The number of hydrogen-bond donors (Lipinski definition) is 2. The van der Waals surface area contributed by atoms with Gasteiger partial charge >= 0.3 is 5.97 Å². The number of pyridine rings is 1. The van der Waals surface area contributed by atoms with Crippen LogP contribution in [-0.2, 0) is 20.9 Å². The summed E-state index contributed by atoms with van der Waals surface area (Å²) in [6, 6.07) is 14.2. The number of benzene rings is 1. The number of esters is 1. The molecule has 1 amide bonds. The van der Waals surface area contributed by atoms with Gasteiger partial charge in [0.2, 0.25) is 5.88 Å². The first-order chi connectivity index (χ1) is 12.1. The summed E-state index contributed by atoms with van der Waals surface area (Å²) in [5.41, 5.74) is 0.810. The molecule has 0 aliphatic heterocycles. The van der Waals surface area contributed by atoms with E-state index in [9.17, 15) is 14.7 Å². The normalized spacial score (nSPS) is 12.7.